The van der Waals surface area contributed by atoms with Gasteiger partial charge in [0.05, 0.1) is 5.71 Å². The van der Waals surface area contributed by atoms with Crippen LogP contribution in [-0.4, -0.2) is 17.3 Å². The number of hydrogen-bond donors (Lipinski definition) is 3. The number of amides is 1. The molecule has 5 heteroatoms. The van der Waals surface area contributed by atoms with Gasteiger partial charge in [-0.05, 0) is 23.6 Å². The molecule has 0 heterocycles. The van der Waals surface area contributed by atoms with Crippen molar-refractivity contribution in [1.82, 2.24) is 0 Å². The summed E-state index contributed by atoms with van der Waals surface area (Å²) in [5, 5.41) is 15.8. The first-order valence-corrected chi connectivity index (χ1v) is 5.56. The molecule has 1 rings (SSSR count). The van der Waals surface area contributed by atoms with Gasteiger partial charge >= 0.3 is 0 Å². The highest BCUT2D eigenvalue weighted by Crippen LogP contribution is 2.15. The number of halogens is 1. The van der Waals surface area contributed by atoms with E-state index in [-0.39, 0.29) is 17.3 Å². The second-order valence-corrected chi connectivity index (χ2v) is 4.37. The third kappa shape index (κ3) is 3.00. The largest absolute Gasteiger partial charge is 0.369 e. The fourth-order valence-electron chi connectivity index (χ4n) is 1.58. The highest BCUT2D eigenvalue weighted by molar-refractivity contribution is 6.25. The van der Waals surface area contributed by atoms with Crippen molar-refractivity contribution >= 4 is 17.3 Å². The van der Waals surface area contributed by atoms with Gasteiger partial charge in [-0.1, -0.05) is 26.0 Å². The number of primary amides is 1. The minimum absolute atomic E-state index is 0.0683. The lowest BCUT2D eigenvalue weighted by molar-refractivity contribution is -0.118. The smallest absolute Gasteiger partial charge is 0.232 e. The number of hydrogen-bond acceptors (Lipinski definition) is 3. The SMILES string of the molecule is CC(C)C(=N)C(C(=N)c1ccc(F)cc1)C(N)=O. The summed E-state index contributed by atoms with van der Waals surface area (Å²) in [4.78, 5) is 11.4. The lowest BCUT2D eigenvalue weighted by Gasteiger charge is -2.18. The van der Waals surface area contributed by atoms with E-state index in [0.29, 0.717) is 5.56 Å². The molecule has 0 radical (unpaired) electrons. The zero-order valence-corrected chi connectivity index (χ0v) is 10.3. The molecule has 0 aromatic heterocycles. The van der Waals surface area contributed by atoms with E-state index in [1.807, 2.05) is 0 Å². The Bertz CT molecular complexity index is 480. The van der Waals surface area contributed by atoms with E-state index in [2.05, 4.69) is 0 Å². The normalized spacial score (nSPS) is 12.2. The van der Waals surface area contributed by atoms with Gasteiger partial charge < -0.3 is 16.6 Å². The van der Waals surface area contributed by atoms with Crippen molar-refractivity contribution < 1.29 is 9.18 Å². The molecule has 1 unspecified atom stereocenters. The average Bonchev–Trinajstić information content (AvgIpc) is 2.29. The minimum Gasteiger partial charge on any atom is -0.369 e. The second-order valence-electron chi connectivity index (χ2n) is 4.37. The molecule has 0 saturated heterocycles. The lowest BCUT2D eigenvalue weighted by atomic mass is 9.86. The molecule has 4 N–H and O–H groups in total. The number of carbonyl (C=O) groups excluding carboxylic acids is 1. The number of nitrogens with two attached hydrogens (primary N) is 1. The van der Waals surface area contributed by atoms with E-state index in [0.717, 1.165) is 0 Å². The number of benzene rings is 1. The quantitative estimate of drug-likeness (QED) is 0.684. The predicted molar refractivity (Wildman–Crippen MR) is 68.5 cm³/mol. The molecule has 18 heavy (non-hydrogen) atoms. The molecule has 0 bridgehead atoms. The fraction of sp³-hybridized carbons (Fsp3) is 0.308. The summed E-state index contributed by atoms with van der Waals surface area (Å²) < 4.78 is 12.8. The lowest BCUT2D eigenvalue weighted by Crippen LogP contribution is -2.38. The standard InChI is InChI=1S/C13H16FN3O/c1-7(2)11(15)10(13(17)18)12(16)8-3-5-9(14)6-4-8/h3-7,10,15-16H,1-2H3,(H2,17,18). The molecule has 0 spiro atoms. The van der Waals surface area contributed by atoms with Gasteiger partial charge in [0.1, 0.15) is 11.7 Å². The third-order valence-corrected chi connectivity index (χ3v) is 2.66. The third-order valence-electron chi connectivity index (χ3n) is 2.66. The Balaban J connectivity index is 3.08. The summed E-state index contributed by atoms with van der Waals surface area (Å²) in [5.74, 6) is -2.39. The molecular weight excluding hydrogens is 233 g/mol. The van der Waals surface area contributed by atoms with Gasteiger partial charge in [-0.15, -0.1) is 0 Å². The molecule has 0 saturated carbocycles. The van der Waals surface area contributed by atoms with E-state index in [4.69, 9.17) is 16.6 Å². The molecule has 1 amide bonds. The summed E-state index contributed by atoms with van der Waals surface area (Å²) in [6.07, 6.45) is 0. The molecule has 1 atom stereocenters. The monoisotopic (exact) mass is 249 g/mol. The highest BCUT2D eigenvalue weighted by atomic mass is 19.1. The van der Waals surface area contributed by atoms with Gasteiger partial charge in [0.25, 0.3) is 0 Å². The van der Waals surface area contributed by atoms with Crippen molar-refractivity contribution in [3.8, 4) is 0 Å². The van der Waals surface area contributed by atoms with Crippen LogP contribution in [0.2, 0.25) is 0 Å². The Morgan fingerprint density at radius 2 is 1.72 bits per heavy atom. The predicted octanol–water partition coefficient (Wildman–Crippen LogP) is 1.97. The van der Waals surface area contributed by atoms with Crippen LogP contribution in [-0.2, 0) is 4.79 Å². The van der Waals surface area contributed by atoms with Crippen molar-refractivity contribution in [3.63, 3.8) is 0 Å². The van der Waals surface area contributed by atoms with Crippen LogP contribution in [0, 0.1) is 28.5 Å². The van der Waals surface area contributed by atoms with Crippen LogP contribution in [0.3, 0.4) is 0 Å². The first kappa shape index (κ1) is 14.0. The van der Waals surface area contributed by atoms with Gasteiger partial charge in [0.15, 0.2) is 0 Å². The molecule has 4 nitrogen and oxygen atoms in total. The molecule has 0 fully saturated rings. The van der Waals surface area contributed by atoms with Gasteiger partial charge in [0.2, 0.25) is 5.91 Å². The van der Waals surface area contributed by atoms with E-state index in [1.165, 1.54) is 24.3 Å². The zero-order valence-electron chi connectivity index (χ0n) is 10.3. The van der Waals surface area contributed by atoms with Crippen LogP contribution in [0.25, 0.3) is 0 Å². The second kappa shape index (κ2) is 5.53. The topological polar surface area (TPSA) is 90.8 Å². The first-order chi connectivity index (χ1) is 8.34. The maximum atomic E-state index is 12.8. The number of rotatable bonds is 5. The van der Waals surface area contributed by atoms with Crippen molar-refractivity contribution in [2.45, 2.75) is 13.8 Å². The van der Waals surface area contributed by atoms with Crippen LogP contribution in [0.15, 0.2) is 24.3 Å². The van der Waals surface area contributed by atoms with Crippen LogP contribution in [0.1, 0.15) is 19.4 Å². The number of nitrogens with one attached hydrogen (secondary N) is 2. The molecule has 1 aromatic carbocycles. The molecule has 96 valence electrons. The Morgan fingerprint density at radius 1 is 1.22 bits per heavy atom. The Kier molecular flexibility index (Phi) is 4.31. The zero-order chi connectivity index (χ0) is 13.9. The summed E-state index contributed by atoms with van der Waals surface area (Å²) in [5.41, 5.74) is 5.67. The van der Waals surface area contributed by atoms with E-state index in [1.54, 1.807) is 13.8 Å². The Hall–Kier alpha value is -2.04. The van der Waals surface area contributed by atoms with Crippen molar-refractivity contribution in [3.05, 3.63) is 35.6 Å². The van der Waals surface area contributed by atoms with E-state index >= 15 is 0 Å². The highest BCUT2D eigenvalue weighted by Gasteiger charge is 2.28. The van der Waals surface area contributed by atoms with E-state index in [9.17, 15) is 9.18 Å². The van der Waals surface area contributed by atoms with Crippen molar-refractivity contribution in [2.24, 2.45) is 17.6 Å². The van der Waals surface area contributed by atoms with Crippen molar-refractivity contribution in [2.75, 3.05) is 0 Å². The van der Waals surface area contributed by atoms with Crippen molar-refractivity contribution in [1.29, 1.82) is 10.8 Å². The van der Waals surface area contributed by atoms with Gasteiger partial charge in [0, 0.05) is 5.71 Å². The summed E-state index contributed by atoms with van der Waals surface area (Å²) in [7, 11) is 0. The van der Waals surface area contributed by atoms with Gasteiger partial charge in [-0.25, -0.2) is 4.39 Å². The van der Waals surface area contributed by atoms with E-state index < -0.39 is 17.6 Å². The molecule has 0 aliphatic heterocycles. The maximum Gasteiger partial charge on any atom is 0.232 e. The van der Waals surface area contributed by atoms with Crippen LogP contribution < -0.4 is 5.73 Å². The Morgan fingerprint density at radius 3 is 2.11 bits per heavy atom. The average molecular weight is 249 g/mol. The first-order valence-electron chi connectivity index (χ1n) is 5.56. The van der Waals surface area contributed by atoms with Crippen LogP contribution in [0.5, 0.6) is 0 Å². The summed E-state index contributed by atoms with van der Waals surface area (Å²) in [6.45, 7) is 3.52. The molecule has 1 aromatic rings. The molecule has 0 aliphatic rings. The fourth-order valence-corrected chi connectivity index (χ4v) is 1.58. The maximum absolute atomic E-state index is 12.8. The minimum atomic E-state index is -1.06. The Labute approximate surface area is 105 Å². The van der Waals surface area contributed by atoms with Gasteiger partial charge in [-0.3, -0.25) is 4.79 Å². The molecular formula is C13H16FN3O. The summed E-state index contributed by atoms with van der Waals surface area (Å²) >= 11 is 0. The van der Waals surface area contributed by atoms with Crippen LogP contribution in [0.4, 0.5) is 4.39 Å². The van der Waals surface area contributed by atoms with Crippen LogP contribution >= 0.6 is 0 Å². The van der Waals surface area contributed by atoms with Gasteiger partial charge in [-0.2, -0.15) is 0 Å². The summed E-state index contributed by atoms with van der Waals surface area (Å²) in [6, 6.07) is 5.23. The molecule has 0 aliphatic carbocycles. The number of carbonyl (C=O) groups is 1.